The molecule has 0 heterocycles. The molecule has 0 aromatic heterocycles. The normalized spacial score (nSPS) is 12.0. The second kappa shape index (κ2) is 6.99. The lowest BCUT2D eigenvalue weighted by Crippen LogP contribution is -2.23. The molecule has 106 valence electrons. The number of nitrogens with one attached hydrogen (secondary N) is 1. The van der Waals surface area contributed by atoms with Crippen molar-refractivity contribution in [1.82, 2.24) is 4.90 Å². The van der Waals surface area contributed by atoms with Crippen LogP contribution in [0.4, 0.5) is 11.4 Å². The summed E-state index contributed by atoms with van der Waals surface area (Å²) < 4.78 is 5.44. The van der Waals surface area contributed by atoms with E-state index in [1.807, 2.05) is 13.8 Å². The van der Waals surface area contributed by atoms with Crippen LogP contribution in [-0.2, 0) is 4.74 Å². The van der Waals surface area contributed by atoms with Gasteiger partial charge in [0.1, 0.15) is 0 Å². The number of nitrogens with zero attached hydrogens (tertiary/aromatic N) is 1. The number of hydrogen-bond donors (Lipinski definition) is 2. The number of anilines is 2. The quantitative estimate of drug-likeness (QED) is 0.770. The van der Waals surface area contributed by atoms with Crippen LogP contribution < -0.4 is 11.1 Å². The van der Waals surface area contributed by atoms with Crippen LogP contribution in [0.3, 0.4) is 0 Å². The third kappa shape index (κ3) is 4.44. The lowest BCUT2D eigenvalue weighted by molar-refractivity contribution is 0.0827. The van der Waals surface area contributed by atoms with Gasteiger partial charge >= 0.3 is 0 Å². The van der Waals surface area contributed by atoms with Crippen LogP contribution >= 0.6 is 0 Å². The summed E-state index contributed by atoms with van der Waals surface area (Å²) in [6.07, 6.45) is 0.0950. The SMILES string of the molecule is CCOC(C)CNc1cc(C(=O)N(C)C)ccc1N. The van der Waals surface area contributed by atoms with Crippen molar-refractivity contribution >= 4 is 17.3 Å². The summed E-state index contributed by atoms with van der Waals surface area (Å²) in [5.74, 6) is -0.0408. The summed E-state index contributed by atoms with van der Waals surface area (Å²) in [6, 6.07) is 5.25. The second-order valence-corrected chi connectivity index (χ2v) is 4.65. The van der Waals surface area contributed by atoms with E-state index in [-0.39, 0.29) is 12.0 Å². The molecule has 0 radical (unpaired) electrons. The largest absolute Gasteiger partial charge is 0.397 e. The van der Waals surface area contributed by atoms with Crippen molar-refractivity contribution in [3.05, 3.63) is 23.8 Å². The molecule has 1 amide bonds. The summed E-state index contributed by atoms with van der Waals surface area (Å²) in [7, 11) is 3.45. The Hall–Kier alpha value is -1.75. The van der Waals surface area contributed by atoms with Gasteiger partial charge in [0.05, 0.1) is 17.5 Å². The first-order valence-corrected chi connectivity index (χ1v) is 6.42. The lowest BCUT2D eigenvalue weighted by atomic mass is 10.1. The molecule has 0 aliphatic rings. The summed E-state index contributed by atoms with van der Waals surface area (Å²) in [6.45, 7) is 5.28. The zero-order chi connectivity index (χ0) is 14.4. The van der Waals surface area contributed by atoms with Crippen LogP contribution in [0.15, 0.2) is 18.2 Å². The summed E-state index contributed by atoms with van der Waals surface area (Å²) >= 11 is 0. The summed E-state index contributed by atoms with van der Waals surface area (Å²) in [5.41, 5.74) is 7.90. The molecule has 0 aliphatic carbocycles. The number of nitrogen functional groups attached to an aromatic ring is 1. The molecule has 1 aromatic rings. The van der Waals surface area contributed by atoms with E-state index in [9.17, 15) is 4.79 Å². The first-order chi connectivity index (χ1) is 8.95. The van der Waals surface area contributed by atoms with E-state index < -0.39 is 0 Å². The zero-order valence-electron chi connectivity index (χ0n) is 12.1. The number of benzene rings is 1. The van der Waals surface area contributed by atoms with Crippen molar-refractivity contribution < 1.29 is 9.53 Å². The number of rotatable bonds is 6. The van der Waals surface area contributed by atoms with E-state index in [4.69, 9.17) is 10.5 Å². The van der Waals surface area contributed by atoms with Gasteiger partial charge in [0.2, 0.25) is 0 Å². The Bertz CT molecular complexity index is 433. The predicted molar refractivity (Wildman–Crippen MR) is 78.4 cm³/mol. The van der Waals surface area contributed by atoms with E-state index in [0.29, 0.717) is 24.4 Å². The molecule has 0 saturated heterocycles. The monoisotopic (exact) mass is 265 g/mol. The first kappa shape index (κ1) is 15.3. The molecule has 1 rings (SSSR count). The van der Waals surface area contributed by atoms with Crippen LogP contribution in [0.1, 0.15) is 24.2 Å². The average Bonchev–Trinajstić information content (AvgIpc) is 2.37. The molecule has 0 spiro atoms. The smallest absolute Gasteiger partial charge is 0.253 e. The van der Waals surface area contributed by atoms with Crippen molar-refractivity contribution in [2.75, 3.05) is 38.3 Å². The molecule has 0 bridgehead atoms. The van der Waals surface area contributed by atoms with Crippen molar-refractivity contribution in [3.63, 3.8) is 0 Å². The highest BCUT2D eigenvalue weighted by molar-refractivity contribution is 5.95. The maximum Gasteiger partial charge on any atom is 0.253 e. The Morgan fingerprint density at radius 3 is 2.74 bits per heavy atom. The van der Waals surface area contributed by atoms with Gasteiger partial charge in [0.25, 0.3) is 5.91 Å². The fourth-order valence-electron chi connectivity index (χ4n) is 1.70. The fourth-order valence-corrected chi connectivity index (χ4v) is 1.70. The number of carbonyl (C=O) groups is 1. The van der Waals surface area contributed by atoms with Gasteiger partial charge in [-0.3, -0.25) is 4.79 Å². The average molecular weight is 265 g/mol. The molecule has 1 unspecified atom stereocenters. The van der Waals surface area contributed by atoms with Crippen molar-refractivity contribution in [2.24, 2.45) is 0 Å². The van der Waals surface area contributed by atoms with Gasteiger partial charge in [-0.1, -0.05) is 0 Å². The number of hydrogen-bond acceptors (Lipinski definition) is 4. The van der Waals surface area contributed by atoms with E-state index in [1.165, 1.54) is 4.90 Å². The molecule has 19 heavy (non-hydrogen) atoms. The van der Waals surface area contributed by atoms with E-state index in [1.54, 1.807) is 32.3 Å². The molecule has 0 fully saturated rings. The molecule has 3 N–H and O–H groups in total. The van der Waals surface area contributed by atoms with Gasteiger partial charge in [-0.05, 0) is 32.0 Å². The number of amides is 1. The molecular weight excluding hydrogens is 242 g/mol. The predicted octanol–water partition coefficient (Wildman–Crippen LogP) is 1.81. The van der Waals surface area contributed by atoms with Gasteiger partial charge < -0.3 is 20.7 Å². The highest BCUT2D eigenvalue weighted by atomic mass is 16.5. The third-order valence-corrected chi connectivity index (χ3v) is 2.74. The number of carbonyl (C=O) groups excluding carboxylic acids is 1. The highest BCUT2D eigenvalue weighted by Crippen LogP contribution is 2.20. The van der Waals surface area contributed by atoms with Crippen LogP contribution in [0.2, 0.25) is 0 Å². The minimum Gasteiger partial charge on any atom is -0.397 e. The lowest BCUT2D eigenvalue weighted by Gasteiger charge is -2.16. The molecule has 5 nitrogen and oxygen atoms in total. The summed E-state index contributed by atoms with van der Waals surface area (Å²) in [5, 5.41) is 3.21. The third-order valence-electron chi connectivity index (χ3n) is 2.74. The second-order valence-electron chi connectivity index (χ2n) is 4.65. The Morgan fingerprint density at radius 1 is 1.47 bits per heavy atom. The Morgan fingerprint density at radius 2 is 2.16 bits per heavy atom. The van der Waals surface area contributed by atoms with Crippen molar-refractivity contribution in [1.29, 1.82) is 0 Å². The van der Waals surface area contributed by atoms with Crippen LogP contribution in [0, 0.1) is 0 Å². The molecule has 1 aromatic carbocycles. The van der Waals surface area contributed by atoms with Crippen molar-refractivity contribution in [2.45, 2.75) is 20.0 Å². The van der Waals surface area contributed by atoms with Gasteiger partial charge in [0, 0.05) is 32.8 Å². The molecule has 0 saturated carbocycles. The summed E-state index contributed by atoms with van der Waals surface area (Å²) in [4.78, 5) is 13.4. The Kier molecular flexibility index (Phi) is 5.63. The molecule has 1 atom stereocenters. The minimum atomic E-state index is -0.0408. The van der Waals surface area contributed by atoms with Crippen molar-refractivity contribution in [3.8, 4) is 0 Å². The van der Waals surface area contributed by atoms with Crippen LogP contribution in [-0.4, -0.2) is 44.2 Å². The first-order valence-electron chi connectivity index (χ1n) is 6.42. The van der Waals surface area contributed by atoms with Gasteiger partial charge in [0.15, 0.2) is 0 Å². The number of nitrogens with two attached hydrogens (primary N) is 1. The topological polar surface area (TPSA) is 67.6 Å². The van der Waals surface area contributed by atoms with Crippen LogP contribution in [0.5, 0.6) is 0 Å². The van der Waals surface area contributed by atoms with Gasteiger partial charge in [-0.2, -0.15) is 0 Å². The zero-order valence-corrected chi connectivity index (χ0v) is 12.1. The van der Waals surface area contributed by atoms with E-state index >= 15 is 0 Å². The van der Waals surface area contributed by atoms with Crippen LogP contribution in [0.25, 0.3) is 0 Å². The maximum atomic E-state index is 11.9. The molecule has 5 heteroatoms. The van der Waals surface area contributed by atoms with E-state index in [2.05, 4.69) is 5.32 Å². The maximum absolute atomic E-state index is 11.9. The van der Waals surface area contributed by atoms with Gasteiger partial charge in [-0.15, -0.1) is 0 Å². The Balaban J connectivity index is 2.77. The fraction of sp³-hybridized carbons (Fsp3) is 0.500. The Labute approximate surface area is 114 Å². The van der Waals surface area contributed by atoms with Gasteiger partial charge in [-0.25, -0.2) is 0 Å². The highest BCUT2D eigenvalue weighted by Gasteiger charge is 2.10. The molecular formula is C14H23N3O2. The van der Waals surface area contributed by atoms with E-state index in [0.717, 1.165) is 5.69 Å². The molecule has 0 aliphatic heterocycles. The number of ether oxygens (including phenoxy) is 1. The minimum absolute atomic E-state index is 0.0408. The standard InChI is InChI=1S/C14H23N3O2/c1-5-19-10(2)9-16-13-8-11(6-7-12(13)15)14(18)17(3)4/h6-8,10,16H,5,9,15H2,1-4H3.